The number of rotatable bonds is 5. The van der Waals surface area contributed by atoms with Gasteiger partial charge in [-0.3, -0.25) is 0 Å². The Labute approximate surface area is 112 Å². The summed E-state index contributed by atoms with van der Waals surface area (Å²) >= 11 is 2.07. The monoisotopic (exact) mass is 270 g/mol. The first-order chi connectivity index (χ1) is 6.29. The molecule has 0 spiro atoms. The molecule has 14 heteroatoms. The van der Waals surface area contributed by atoms with Crippen molar-refractivity contribution in [1.29, 1.82) is 0 Å². The largest absolute Gasteiger partial charge is 0.173 e. The van der Waals surface area contributed by atoms with Gasteiger partial charge in [-0.15, -0.1) is 0 Å². The van der Waals surface area contributed by atoms with Gasteiger partial charge >= 0.3 is 0 Å². The summed E-state index contributed by atoms with van der Waals surface area (Å²) in [7, 11) is 38.9. The molecule has 0 unspecified atom stereocenters. The van der Waals surface area contributed by atoms with Crippen molar-refractivity contribution < 1.29 is 0 Å². The Morgan fingerprint density at radius 1 is 0.643 bits per heavy atom. The molecule has 0 atom stereocenters. The van der Waals surface area contributed by atoms with E-state index in [1.165, 1.54) is 0 Å². The Morgan fingerprint density at radius 3 is 1.21 bits per heavy atom. The molecule has 0 aromatic rings. The maximum Gasteiger partial charge on any atom is 0.120 e. The van der Waals surface area contributed by atoms with Crippen LogP contribution in [-0.2, 0) is 0 Å². The first kappa shape index (κ1) is 15.6. The molecular formula is B13I. The minimum atomic E-state index is -0.642. The number of hydrogen-bond donors (Lipinski definition) is 0. The van der Waals surface area contributed by atoms with Crippen LogP contribution in [0.1, 0.15) is 0 Å². The summed E-state index contributed by atoms with van der Waals surface area (Å²) < 4.78 is -0.160. The van der Waals surface area contributed by atoms with Crippen LogP contribution in [0.25, 0.3) is 0 Å². The zero-order valence-corrected chi connectivity index (χ0v) is 10.0. The quantitative estimate of drug-likeness (QED) is 0.351. The van der Waals surface area contributed by atoms with Crippen molar-refractivity contribution in [1.82, 2.24) is 0 Å². The molecule has 0 amide bonds. The lowest BCUT2D eigenvalue weighted by molar-refractivity contribution is 3.50. The van der Waals surface area contributed by atoms with Crippen molar-refractivity contribution in [3.63, 3.8) is 0 Å². The van der Waals surface area contributed by atoms with Gasteiger partial charge in [0.2, 0.25) is 0 Å². The molecule has 0 N–H and O–H groups in total. The van der Waals surface area contributed by atoms with Crippen LogP contribution in [0.4, 0.5) is 0 Å². The van der Waals surface area contributed by atoms with Gasteiger partial charge in [0.05, 0.1) is 0 Å². The van der Waals surface area contributed by atoms with Gasteiger partial charge in [-0.1, -0.05) is 0 Å². The van der Waals surface area contributed by atoms with E-state index in [2.05, 4.69) is 22.4 Å². The summed E-state index contributed by atoms with van der Waals surface area (Å²) in [6, 6.07) is 0. The lowest BCUT2D eigenvalue weighted by Gasteiger charge is -2.29. The fourth-order valence-corrected chi connectivity index (χ4v) is 2.59. The molecule has 14 heavy (non-hydrogen) atoms. The average molecular weight is 267 g/mol. The summed E-state index contributed by atoms with van der Waals surface area (Å²) in [5.41, 5.74) is 0. The molecule has 0 aromatic heterocycles. The SMILES string of the molecule is [B]B([B])B([B])B(I)B(B([B])[B])B([B])[B]. The lowest BCUT2D eigenvalue weighted by atomic mass is 8.57. The first-order valence-corrected chi connectivity index (χ1v) is 5.46. The Balaban J connectivity index is 4.51. The van der Waals surface area contributed by atoms with Crippen molar-refractivity contribution in [3.8, 4) is 0 Å². The average Bonchev–Trinajstić information content (AvgIpc) is 2.01. The van der Waals surface area contributed by atoms with Crippen LogP contribution in [-0.4, -0.2) is 90.4 Å². The van der Waals surface area contributed by atoms with Gasteiger partial charge in [-0.2, -0.15) is 22.4 Å². The highest BCUT2D eigenvalue weighted by Gasteiger charge is 2.35. The van der Waals surface area contributed by atoms with Crippen molar-refractivity contribution in [2.45, 2.75) is 0 Å². The Bertz CT molecular complexity index is 141. The molecule has 0 aliphatic carbocycles. The van der Waals surface area contributed by atoms with E-state index >= 15 is 0 Å². The zero-order valence-electron chi connectivity index (χ0n) is 7.88. The van der Waals surface area contributed by atoms with Crippen LogP contribution >= 0.6 is 22.4 Å². The fraction of sp³-hybridized carbons (Fsp3) is 0. The molecule has 0 rings (SSSR count). The Morgan fingerprint density at radius 2 is 1.00 bits per heavy atom. The van der Waals surface area contributed by atoms with Gasteiger partial charge in [0.15, 0.2) is 0 Å². The first-order valence-electron chi connectivity index (χ1n) is 4.22. The highest BCUT2D eigenvalue weighted by atomic mass is 127. The highest BCUT2D eigenvalue weighted by Crippen LogP contribution is 2.05. The summed E-state index contributed by atoms with van der Waals surface area (Å²) in [5.74, 6) is 0. The highest BCUT2D eigenvalue weighted by molar-refractivity contribution is 14.1. The van der Waals surface area contributed by atoms with Crippen molar-refractivity contribution in [2.24, 2.45) is 0 Å². The molecular weight excluding hydrogens is 267 g/mol. The van der Waals surface area contributed by atoms with E-state index in [-0.39, 0.29) is 10.7 Å². The third kappa shape index (κ3) is 4.61. The van der Waals surface area contributed by atoms with E-state index in [9.17, 15) is 0 Å². The second kappa shape index (κ2) is 7.01. The molecule has 0 aromatic carbocycles. The Hall–Kier alpha value is 1.57. The van der Waals surface area contributed by atoms with Crippen LogP contribution in [0.3, 0.4) is 0 Å². The summed E-state index contributed by atoms with van der Waals surface area (Å²) in [6.45, 7) is 0. The molecule has 0 aliphatic heterocycles. The maximum absolute atomic E-state index is 5.76. The van der Waals surface area contributed by atoms with E-state index in [1.54, 1.807) is 0 Å². The smallest absolute Gasteiger partial charge is 0.120 e. The minimum Gasteiger partial charge on any atom is -0.173 e. The third-order valence-electron chi connectivity index (χ3n) is 2.07. The van der Waals surface area contributed by atoms with Crippen molar-refractivity contribution >= 4 is 113 Å². The van der Waals surface area contributed by atoms with Crippen LogP contribution in [0, 0.1) is 0 Å². The topological polar surface area (TPSA) is 0 Å². The summed E-state index contributed by atoms with van der Waals surface area (Å²) in [5, 5.41) is 0. The van der Waals surface area contributed by atoms with E-state index in [0.29, 0.717) is 0 Å². The minimum absolute atomic E-state index is 0.160. The predicted molar refractivity (Wildman–Crippen MR) is 88.8 cm³/mol. The fourth-order valence-electron chi connectivity index (χ4n) is 1.15. The van der Waals surface area contributed by atoms with E-state index < -0.39 is 25.5 Å². The maximum atomic E-state index is 5.76. The normalized spacial score (nSPS) is 8.93. The van der Waals surface area contributed by atoms with Gasteiger partial charge in [0.1, 0.15) is 4.35 Å². The number of hydrogen-bond acceptors (Lipinski definition) is 0. The van der Waals surface area contributed by atoms with Crippen molar-refractivity contribution in [2.75, 3.05) is 0 Å². The summed E-state index contributed by atoms with van der Waals surface area (Å²) in [4.78, 5) is 0. The van der Waals surface area contributed by atoms with Gasteiger partial charge in [0.25, 0.3) is 0 Å². The second-order valence-electron chi connectivity index (χ2n) is 3.33. The third-order valence-corrected chi connectivity index (χ3v) is 3.73. The second-order valence-corrected chi connectivity index (χ2v) is 4.77. The molecule has 14 radical (unpaired) electrons. The van der Waals surface area contributed by atoms with Gasteiger partial charge in [-0.25, -0.2) is 0 Å². The molecule has 0 aliphatic rings. The van der Waals surface area contributed by atoms with Crippen molar-refractivity contribution in [3.05, 3.63) is 0 Å². The predicted octanol–water partition coefficient (Wildman–Crippen LogP) is -4.06. The van der Waals surface area contributed by atoms with Crippen LogP contribution in [0.5, 0.6) is 0 Å². The van der Waals surface area contributed by atoms with E-state index in [4.69, 9.17) is 54.2 Å². The zero-order chi connectivity index (χ0) is 11.5. The van der Waals surface area contributed by atoms with E-state index in [0.717, 1.165) is 0 Å². The standard InChI is InChI=1S/B13I/c1-8(2)11(7)13(14)12(9(3)4)10(5)6. The molecule has 0 saturated heterocycles. The molecule has 0 saturated carbocycles. The molecule has 0 nitrogen and oxygen atoms in total. The Kier molecular flexibility index (Phi) is 7.80. The summed E-state index contributed by atoms with van der Waals surface area (Å²) in [6.07, 6.45) is -2.68. The van der Waals surface area contributed by atoms with Gasteiger partial charge in [0, 0.05) is 86.1 Å². The van der Waals surface area contributed by atoms with E-state index in [1.807, 2.05) is 0 Å². The van der Waals surface area contributed by atoms with Crippen LogP contribution in [0.2, 0.25) is 0 Å². The number of halogens is 1. The lowest BCUT2D eigenvalue weighted by Crippen LogP contribution is -2.67. The van der Waals surface area contributed by atoms with Gasteiger partial charge in [-0.05, 0) is 0 Å². The van der Waals surface area contributed by atoms with Crippen LogP contribution < -0.4 is 0 Å². The molecule has 0 fully saturated rings. The van der Waals surface area contributed by atoms with Crippen LogP contribution in [0.15, 0.2) is 0 Å². The molecule has 0 heterocycles. The molecule has 0 bridgehead atoms. The van der Waals surface area contributed by atoms with Gasteiger partial charge < -0.3 is 0 Å². The molecule has 46 valence electrons.